The van der Waals surface area contributed by atoms with Gasteiger partial charge in [0.1, 0.15) is 18.0 Å². The first kappa shape index (κ1) is 14.4. The molecule has 0 bridgehead atoms. The first-order chi connectivity index (χ1) is 11.7. The molecule has 3 aromatic heterocycles. The molecule has 7 heteroatoms. The zero-order chi connectivity index (χ0) is 16.7. The third kappa shape index (κ3) is 2.13. The molecule has 0 aromatic carbocycles. The summed E-state index contributed by atoms with van der Waals surface area (Å²) in [4.78, 5) is 27.8. The minimum atomic E-state index is -0.171. The first-order valence-electron chi connectivity index (χ1n) is 7.73. The lowest BCUT2D eigenvalue weighted by Gasteiger charge is -2.23. The highest BCUT2D eigenvalue weighted by Crippen LogP contribution is 2.37. The van der Waals surface area contributed by atoms with E-state index in [1.165, 1.54) is 0 Å². The molecule has 1 amide bonds. The quantitative estimate of drug-likeness (QED) is 0.785. The molecular weight excluding hydrogens is 304 g/mol. The molecule has 1 N–H and O–H groups in total. The van der Waals surface area contributed by atoms with E-state index in [1.807, 2.05) is 35.6 Å². The number of nitrogens with one attached hydrogen (secondary N) is 1. The summed E-state index contributed by atoms with van der Waals surface area (Å²) in [6.45, 7) is 4.61. The van der Waals surface area contributed by atoms with Gasteiger partial charge in [-0.05, 0) is 37.6 Å². The van der Waals surface area contributed by atoms with Crippen molar-refractivity contribution < 1.29 is 4.79 Å². The molecule has 0 aliphatic carbocycles. The Kier molecular flexibility index (Phi) is 3.26. The van der Waals surface area contributed by atoms with E-state index in [9.17, 15) is 4.79 Å². The molecule has 24 heavy (non-hydrogen) atoms. The molecule has 1 aliphatic heterocycles. The van der Waals surface area contributed by atoms with Crippen LogP contribution in [0.5, 0.6) is 0 Å². The molecule has 0 saturated heterocycles. The molecule has 4 rings (SSSR count). The molecule has 1 aliphatic rings. The van der Waals surface area contributed by atoms with Crippen LogP contribution in [-0.4, -0.2) is 32.0 Å². The van der Waals surface area contributed by atoms with Crippen LogP contribution in [0.4, 0.5) is 17.3 Å². The summed E-state index contributed by atoms with van der Waals surface area (Å²) in [7, 11) is 0. The number of anilines is 3. The van der Waals surface area contributed by atoms with Crippen molar-refractivity contribution in [1.29, 1.82) is 0 Å². The number of carbonyl (C=O) groups excluding carboxylic acids is 1. The van der Waals surface area contributed by atoms with Crippen molar-refractivity contribution in [2.75, 3.05) is 16.8 Å². The second-order valence-corrected chi connectivity index (χ2v) is 5.54. The molecular formula is C17H16N6O. The predicted molar refractivity (Wildman–Crippen MR) is 91.0 cm³/mol. The lowest BCUT2D eigenvalue weighted by atomic mass is 10.2. The van der Waals surface area contributed by atoms with Crippen molar-refractivity contribution in [1.82, 2.24) is 19.5 Å². The Balaban J connectivity index is 1.97. The van der Waals surface area contributed by atoms with Gasteiger partial charge in [-0.1, -0.05) is 0 Å². The highest BCUT2D eigenvalue weighted by molar-refractivity contribution is 6.11. The van der Waals surface area contributed by atoms with Gasteiger partial charge in [0.05, 0.1) is 11.3 Å². The Morgan fingerprint density at radius 3 is 2.88 bits per heavy atom. The molecule has 0 radical (unpaired) electrons. The molecule has 0 spiro atoms. The third-order valence-corrected chi connectivity index (χ3v) is 4.05. The summed E-state index contributed by atoms with van der Waals surface area (Å²) in [5, 5.41) is 2.98. The standard InChI is InChI=1S/C17H16N6O/c1-3-23-15-12(5-4-6-19-15)17(24)21-14-11(2)9-13(20-16(14)23)22-8-7-18-10-22/h4-10H,3H2,1-2H3,(H,21,24). The molecule has 0 saturated carbocycles. The summed E-state index contributed by atoms with van der Waals surface area (Å²) >= 11 is 0. The number of rotatable bonds is 2. The number of fused-ring (bicyclic) bond motifs is 2. The van der Waals surface area contributed by atoms with E-state index >= 15 is 0 Å². The maximum Gasteiger partial charge on any atom is 0.259 e. The van der Waals surface area contributed by atoms with Gasteiger partial charge in [0.25, 0.3) is 5.91 Å². The van der Waals surface area contributed by atoms with E-state index in [0.717, 1.165) is 11.4 Å². The van der Waals surface area contributed by atoms with Crippen LogP contribution in [0.2, 0.25) is 0 Å². The summed E-state index contributed by atoms with van der Waals surface area (Å²) in [5.41, 5.74) is 2.19. The monoisotopic (exact) mass is 320 g/mol. The van der Waals surface area contributed by atoms with Crippen LogP contribution in [0, 0.1) is 6.92 Å². The van der Waals surface area contributed by atoms with Crippen LogP contribution >= 0.6 is 0 Å². The van der Waals surface area contributed by atoms with Gasteiger partial charge >= 0.3 is 0 Å². The second kappa shape index (κ2) is 5.45. The third-order valence-electron chi connectivity index (χ3n) is 4.05. The molecule has 7 nitrogen and oxygen atoms in total. The molecule has 4 heterocycles. The van der Waals surface area contributed by atoms with Crippen molar-refractivity contribution in [3.63, 3.8) is 0 Å². The number of hydrogen-bond acceptors (Lipinski definition) is 5. The lowest BCUT2D eigenvalue weighted by Crippen LogP contribution is -2.20. The van der Waals surface area contributed by atoms with Crippen LogP contribution in [0.25, 0.3) is 5.82 Å². The normalized spacial score (nSPS) is 13.1. The van der Waals surface area contributed by atoms with Gasteiger partial charge in [-0.15, -0.1) is 0 Å². The predicted octanol–water partition coefficient (Wildman–Crippen LogP) is 2.69. The smallest absolute Gasteiger partial charge is 0.259 e. The van der Waals surface area contributed by atoms with Crippen molar-refractivity contribution >= 4 is 23.2 Å². The fourth-order valence-electron chi connectivity index (χ4n) is 2.89. The van der Waals surface area contributed by atoms with Crippen LogP contribution in [-0.2, 0) is 0 Å². The maximum atomic E-state index is 12.6. The number of pyridine rings is 2. The summed E-state index contributed by atoms with van der Waals surface area (Å²) in [5.74, 6) is 1.88. The van der Waals surface area contributed by atoms with Crippen molar-refractivity contribution in [3.05, 3.63) is 54.2 Å². The zero-order valence-corrected chi connectivity index (χ0v) is 13.4. The second-order valence-electron chi connectivity index (χ2n) is 5.54. The molecule has 0 fully saturated rings. The topological polar surface area (TPSA) is 75.9 Å². The van der Waals surface area contributed by atoms with E-state index in [2.05, 4.69) is 15.3 Å². The van der Waals surface area contributed by atoms with Gasteiger partial charge in [0.15, 0.2) is 5.82 Å². The fraction of sp³-hybridized carbons (Fsp3) is 0.176. The van der Waals surface area contributed by atoms with Crippen LogP contribution < -0.4 is 10.2 Å². The number of carbonyl (C=O) groups is 1. The number of imidazole rings is 1. The highest BCUT2D eigenvalue weighted by Gasteiger charge is 2.28. The van der Waals surface area contributed by atoms with E-state index in [4.69, 9.17) is 4.98 Å². The van der Waals surface area contributed by atoms with Gasteiger partial charge in [-0.2, -0.15) is 0 Å². The fourth-order valence-corrected chi connectivity index (χ4v) is 2.89. The molecule has 120 valence electrons. The minimum absolute atomic E-state index is 0.171. The maximum absolute atomic E-state index is 12.6. The van der Waals surface area contributed by atoms with Crippen molar-refractivity contribution in [3.8, 4) is 5.82 Å². The largest absolute Gasteiger partial charge is 0.318 e. The minimum Gasteiger partial charge on any atom is -0.318 e. The van der Waals surface area contributed by atoms with Gasteiger partial charge < -0.3 is 10.2 Å². The Morgan fingerprint density at radius 2 is 2.12 bits per heavy atom. The van der Waals surface area contributed by atoms with Gasteiger partial charge in [0, 0.05) is 25.1 Å². The average Bonchev–Trinajstić information content (AvgIpc) is 3.09. The van der Waals surface area contributed by atoms with Gasteiger partial charge in [-0.25, -0.2) is 15.0 Å². The first-order valence-corrected chi connectivity index (χ1v) is 7.73. The van der Waals surface area contributed by atoms with Crippen molar-refractivity contribution in [2.45, 2.75) is 13.8 Å². The Hall–Kier alpha value is -3.22. The number of nitrogens with zero attached hydrogens (tertiary/aromatic N) is 5. The summed E-state index contributed by atoms with van der Waals surface area (Å²) in [6, 6.07) is 5.47. The number of amides is 1. The summed E-state index contributed by atoms with van der Waals surface area (Å²) in [6.07, 6.45) is 6.93. The molecule has 0 atom stereocenters. The summed E-state index contributed by atoms with van der Waals surface area (Å²) < 4.78 is 1.84. The SMILES string of the molecule is CCN1c2ncccc2C(=O)Nc2c(C)cc(-n3ccnc3)nc21. The van der Waals surface area contributed by atoms with Crippen LogP contribution in [0.1, 0.15) is 22.8 Å². The Bertz CT molecular complexity index is 919. The van der Waals surface area contributed by atoms with Crippen LogP contribution in [0.3, 0.4) is 0 Å². The van der Waals surface area contributed by atoms with E-state index < -0.39 is 0 Å². The highest BCUT2D eigenvalue weighted by atomic mass is 16.1. The van der Waals surface area contributed by atoms with Gasteiger partial charge in [-0.3, -0.25) is 9.36 Å². The van der Waals surface area contributed by atoms with E-state index in [0.29, 0.717) is 29.4 Å². The van der Waals surface area contributed by atoms with E-state index in [1.54, 1.807) is 30.9 Å². The Labute approximate surface area is 139 Å². The van der Waals surface area contributed by atoms with Crippen LogP contribution in [0.15, 0.2) is 43.1 Å². The number of hydrogen-bond donors (Lipinski definition) is 1. The number of aromatic nitrogens is 4. The van der Waals surface area contributed by atoms with E-state index in [-0.39, 0.29) is 5.91 Å². The zero-order valence-electron chi connectivity index (χ0n) is 13.4. The number of aryl methyl sites for hydroxylation is 1. The van der Waals surface area contributed by atoms with Gasteiger partial charge in [0.2, 0.25) is 0 Å². The van der Waals surface area contributed by atoms with Crippen molar-refractivity contribution in [2.24, 2.45) is 0 Å². The Morgan fingerprint density at radius 1 is 1.25 bits per heavy atom. The molecule has 3 aromatic rings. The lowest BCUT2D eigenvalue weighted by molar-refractivity contribution is 0.102. The average molecular weight is 320 g/mol. The molecule has 0 unspecified atom stereocenters.